The molecule has 1 aliphatic heterocycles. The number of nitrogens with one attached hydrogen (secondary N) is 2. The number of aromatic nitrogens is 2. The zero-order valence-electron chi connectivity index (χ0n) is 16.0. The van der Waals surface area contributed by atoms with Crippen molar-refractivity contribution >= 4 is 32.2 Å². The monoisotopic (exact) mass is 423 g/mol. The third-order valence-corrected chi connectivity index (χ3v) is 7.20. The van der Waals surface area contributed by atoms with Crippen LogP contribution in [0.4, 0.5) is 5.13 Å². The molecular formula is C18H25N5O3S2. The maximum atomic E-state index is 12.4. The molecule has 2 atom stereocenters. The van der Waals surface area contributed by atoms with Crippen LogP contribution in [0.1, 0.15) is 33.1 Å². The van der Waals surface area contributed by atoms with E-state index in [1.165, 1.54) is 0 Å². The van der Waals surface area contributed by atoms with Gasteiger partial charge in [-0.05, 0) is 38.8 Å². The molecule has 3 heterocycles. The molecule has 10 heteroatoms. The van der Waals surface area contributed by atoms with Gasteiger partial charge in [-0.3, -0.25) is 4.98 Å². The molecule has 28 heavy (non-hydrogen) atoms. The summed E-state index contributed by atoms with van der Waals surface area (Å²) in [6.07, 6.45) is 3.93. The Morgan fingerprint density at radius 3 is 2.71 bits per heavy atom. The Morgan fingerprint density at radius 1 is 1.18 bits per heavy atom. The predicted octanol–water partition coefficient (Wildman–Crippen LogP) is 2.87. The molecule has 0 aliphatic carbocycles. The Bertz CT molecular complexity index is 899. The average Bonchev–Trinajstić information content (AvgIpc) is 3.28. The van der Waals surface area contributed by atoms with Gasteiger partial charge in [-0.2, -0.15) is 0 Å². The molecule has 0 amide bonds. The van der Waals surface area contributed by atoms with Gasteiger partial charge in [0.15, 0.2) is 10.4 Å². The van der Waals surface area contributed by atoms with E-state index in [9.17, 15) is 8.42 Å². The molecule has 2 N–H and O–H groups in total. The van der Waals surface area contributed by atoms with Crippen LogP contribution < -0.4 is 10.0 Å². The van der Waals surface area contributed by atoms with Crippen molar-refractivity contribution in [2.45, 2.75) is 44.5 Å². The van der Waals surface area contributed by atoms with E-state index < -0.39 is 21.4 Å². The number of anilines is 1. The highest BCUT2D eigenvalue weighted by Gasteiger charge is 2.38. The van der Waals surface area contributed by atoms with E-state index >= 15 is 0 Å². The number of hydrogen-bond acceptors (Lipinski definition) is 8. The normalized spacial score (nSPS) is 19.3. The second-order valence-corrected chi connectivity index (χ2v) is 9.39. The minimum Gasteiger partial charge on any atom is -0.391 e. The Hall–Kier alpha value is -2.04. The van der Waals surface area contributed by atoms with E-state index in [-0.39, 0.29) is 0 Å². The Labute approximate surface area is 169 Å². The molecule has 2 aromatic rings. The third kappa shape index (κ3) is 5.27. The van der Waals surface area contributed by atoms with Crippen molar-refractivity contribution < 1.29 is 13.3 Å². The van der Waals surface area contributed by atoms with Gasteiger partial charge in [-0.25, -0.2) is 18.1 Å². The fourth-order valence-corrected chi connectivity index (χ4v) is 5.39. The molecular weight excluding hydrogens is 398 g/mol. The fraction of sp³-hybridized carbons (Fsp3) is 0.500. The highest BCUT2D eigenvalue weighted by atomic mass is 32.2. The molecule has 152 valence electrons. The Balaban J connectivity index is 1.33. The summed E-state index contributed by atoms with van der Waals surface area (Å²) in [7, 11) is -3.45. The zero-order chi connectivity index (χ0) is 20.0. The first kappa shape index (κ1) is 20.7. The summed E-state index contributed by atoms with van der Waals surface area (Å²) in [5.74, 6) is 0. The van der Waals surface area contributed by atoms with Gasteiger partial charge >= 0.3 is 0 Å². The van der Waals surface area contributed by atoms with Crippen LogP contribution in [0, 0.1) is 0 Å². The molecule has 2 aromatic heterocycles. The van der Waals surface area contributed by atoms with Gasteiger partial charge in [-0.1, -0.05) is 17.6 Å². The molecule has 2 unspecified atom stereocenters. The summed E-state index contributed by atoms with van der Waals surface area (Å²) in [6, 6.07) is 5.76. The Kier molecular flexibility index (Phi) is 6.97. The van der Waals surface area contributed by atoms with Crippen LogP contribution in [0.3, 0.4) is 0 Å². The summed E-state index contributed by atoms with van der Waals surface area (Å²) >= 11 is 1.55. The molecule has 0 spiro atoms. The van der Waals surface area contributed by atoms with E-state index in [2.05, 4.69) is 25.2 Å². The number of hydrogen-bond donors (Lipinski definition) is 2. The van der Waals surface area contributed by atoms with Crippen LogP contribution in [0.2, 0.25) is 0 Å². The van der Waals surface area contributed by atoms with Crippen molar-refractivity contribution in [3.63, 3.8) is 0 Å². The SMILES string of the molecule is CC1=NOC(C)C1S(=O)(=O)NCCCCCNc1nc(-c2ccccn2)cs1. The number of oxime groups is 1. The van der Waals surface area contributed by atoms with Crippen molar-refractivity contribution in [3.8, 4) is 11.4 Å². The van der Waals surface area contributed by atoms with E-state index in [1.807, 2.05) is 23.6 Å². The molecule has 8 nitrogen and oxygen atoms in total. The smallest absolute Gasteiger partial charge is 0.223 e. The Morgan fingerprint density at radius 2 is 2.00 bits per heavy atom. The summed E-state index contributed by atoms with van der Waals surface area (Å²) < 4.78 is 27.4. The summed E-state index contributed by atoms with van der Waals surface area (Å²) in [5.41, 5.74) is 2.23. The molecule has 0 aromatic carbocycles. The summed E-state index contributed by atoms with van der Waals surface area (Å²) in [5, 5.41) is 9.22. The van der Waals surface area contributed by atoms with Crippen LogP contribution in [0.25, 0.3) is 11.4 Å². The standard InChI is InChI=1S/C18H25N5O3S2/c1-13-17(14(2)26-23-13)28(24,25)21-11-6-3-5-10-20-18-22-16(12-27-18)15-8-4-7-9-19-15/h4,7-9,12,14,17,21H,3,5-6,10-11H2,1-2H3,(H,20,22). The lowest BCUT2D eigenvalue weighted by molar-refractivity contribution is 0.101. The van der Waals surface area contributed by atoms with Crippen molar-refractivity contribution in [3.05, 3.63) is 29.8 Å². The number of rotatable bonds is 10. The van der Waals surface area contributed by atoms with Gasteiger partial charge in [0, 0.05) is 24.7 Å². The number of sulfonamides is 1. The summed E-state index contributed by atoms with van der Waals surface area (Å²) in [4.78, 5) is 13.9. The van der Waals surface area contributed by atoms with Crippen molar-refractivity contribution in [2.75, 3.05) is 18.4 Å². The number of unbranched alkanes of at least 4 members (excludes halogenated alkanes) is 2. The van der Waals surface area contributed by atoms with Gasteiger partial charge in [0.25, 0.3) is 0 Å². The quantitative estimate of drug-likeness (QED) is 0.569. The highest BCUT2D eigenvalue weighted by Crippen LogP contribution is 2.23. The van der Waals surface area contributed by atoms with Crippen LogP contribution in [-0.4, -0.2) is 48.5 Å². The molecule has 0 saturated carbocycles. The molecule has 3 rings (SSSR count). The first-order valence-electron chi connectivity index (χ1n) is 9.27. The predicted molar refractivity (Wildman–Crippen MR) is 112 cm³/mol. The van der Waals surface area contributed by atoms with Gasteiger partial charge in [0.1, 0.15) is 11.8 Å². The van der Waals surface area contributed by atoms with Crippen LogP contribution in [0.5, 0.6) is 0 Å². The van der Waals surface area contributed by atoms with E-state index in [1.54, 1.807) is 31.4 Å². The lowest BCUT2D eigenvalue weighted by Gasteiger charge is -2.15. The van der Waals surface area contributed by atoms with Crippen molar-refractivity contribution in [1.29, 1.82) is 0 Å². The van der Waals surface area contributed by atoms with E-state index in [0.29, 0.717) is 12.3 Å². The lowest BCUT2D eigenvalue weighted by atomic mass is 10.2. The first-order chi connectivity index (χ1) is 13.5. The average molecular weight is 424 g/mol. The molecule has 0 saturated heterocycles. The van der Waals surface area contributed by atoms with Crippen LogP contribution >= 0.6 is 11.3 Å². The van der Waals surface area contributed by atoms with Gasteiger partial charge in [0.05, 0.1) is 11.4 Å². The minimum atomic E-state index is -3.45. The topological polar surface area (TPSA) is 106 Å². The maximum absolute atomic E-state index is 12.4. The first-order valence-corrected chi connectivity index (χ1v) is 11.7. The number of thiazole rings is 1. The van der Waals surface area contributed by atoms with Gasteiger partial charge < -0.3 is 10.2 Å². The zero-order valence-corrected chi connectivity index (χ0v) is 17.6. The maximum Gasteiger partial charge on any atom is 0.223 e. The fourth-order valence-electron chi connectivity index (χ4n) is 3.00. The van der Waals surface area contributed by atoms with Crippen LogP contribution in [-0.2, 0) is 14.9 Å². The second-order valence-electron chi connectivity index (χ2n) is 6.64. The van der Waals surface area contributed by atoms with Crippen molar-refractivity contribution in [2.24, 2.45) is 5.16 Å². The summed E-state index contributed by atoms with van der Waals surface area (Å²) in [6.45, 7) is 4.60. The molecule has 0 radical (unpaired) electrons. The minimum absolute atomic E-state index is 0.417. The van der Waals surface area contributed by atoms with Gasteiger partial charge in [-0.15, -0.1) is 11.3 Å². The second kappa shape index (κ2) is 9.44. The third-order valence-electron chi connectivity index (χ3n) is 4.40. The van der Waals surface area contributed by atoms with Gasteiger partial charge in [0.2, 0.25) is 10.0 Å². The molecule has 1 aliphatic rings. The molecule has 0 fully saturated rings. The van der Waals surface area contributed by atoms with Crippen LogP contribution in [0.15, 0.2) is 34.9 Å². The lowest BCUT2D eigenvalue weighted by Crippen LogP contribution is -2.42. The number of pyridine rings is 1. The highest BCUT2D eigenvalue weighted by molar-refractivity contribution is 7.91. The largest absolute Gasteiger partial charge is 0.391 e. The van der Waals surface area contributed by atoms with E-state index in [4.69, 9.17) is 4.84 Å². The van der Waals surface area contributed by atoms with E-state index in [0.717, 1.165) is 42.3 Å². The molecule has 0 bridgehead atoms. The van der Waals surface area contributed by atoms with Crippen molar-refractivity contribution in [1.82, 2.24) is 14.7 Å². The number of nitrogens with zero attached hydrogens (tertiary/aromatic N) is 3.